The van der Waals surface area contributed by atoms with Crippen LogP contribution in [0.1, 0.15) is 48.7 Å². The van der Waals surface area contributed by atoms with Gasteiger partial charge in [-0.1, -0.05) is 44.2 Å². The van der Waals surface area contributed by atoms with E-state index in [-0.39, 0.29) is 22.9 Å². The predicted molar refractivity (Wildman–Crippen MR) is 122 cm³/mol. The second-order valence-corrected chi connectivity index (χ2v) is 9.12. The summed E-state index contributed by atoms with van der Waals surface area (Å²) in [4.78, 5) is 26.3. The number of aromatic hydroxyl groups is 1. The molecule has 32 heavy (non-hydrogen) atoms. The van der Waals surface area contributed by atoms with E-state index in [0.717, 1.165) is 11.3 Å². The fourth-order valence-corrected chi connectivity index (χ4v) is 4.56. The first-order chi connectivity index (χ1) is 15.3. The SMILES string of the molecule is CC1(C)CC(=O)C2=C(C1)Nc1c(C(=O)Nc3ccccc3)cnn1[C@@H]2c1ccc(O)cc1. The van der Waals surface area contributed by atoms with Gasteiger partial charge in [-0.25, -0.2) is 4.68 Å². The van der Waals surface area contributed by atoms with Crippen LogP contribution >= 0.6 is 0 Å². The van der Waals surface area contributed by atoms with Crippen LogP contribution < -0.4 is 10.6 Å². The number of para-hydroxylation sites is 1. The van der Waals surface area contributed by atoms with Crippen molar-refractivity contribution in [3.8, 4) is 5.75 Å². The van der Waals surface area contributed by atoms with Crippen molar-refractivity contribution < 1.29 is 14.7 Å². The van der Waals surface area contributed by atoms with Crippen LogP contribution in [0.15, 0.2) is 72.1 Å². The maximum absolute atomic E-state index is 13.2. The van der Waals surface area contributed by atoms with Gasteiger partial charge in [0.15, 0.2) is 5.78 Å². The van der Waals surface area contributed by atoms with E-state index in [1.807, 2.05) is 30.3 Å². The lowest BCUT2D eigenvalue weighted by Crippen LogP contribution is -2.36. The van der Waals surface area contributed by atoms with Crippen LogP contribution in [0, 0.1) is 5.41 Å². The Labute approximate surface area is 185 Å². The zero-order valence-corrected chi connectivity index (χ0v) is 17.9. The van der Waals surface area contributed by atoms with Gasteiger partial charge < -0.3 is 15.7 Å². The minimum absolute atomic E-state index is 0.0678. The van der Waals surface area contributed by atoms with Gasteiger partial charge in [0, 0.05) is 23.4 Å². The molecule has 3 N–H and O–H groups in total. The highest BCUT2D eigenvalue weighted by molar-refractivity contribution is 6.08. The second kappa shape index (κ2) is 7.37. The Morgan fingerprint density at radius 1 is 1.12 bits per heavy atom. The number of allylic oxidation sites excluding steroid dienone is 2. The number of ketones is 1. The van der Waals surface area contributed by atoms with Crippen LogP contribution in [0.5, 0.6) is 5.75 Å². The standard InChI is InChI=1S/C25H24N4O3/c1-25(2)12-19-21(20(31)13-25)22(15-8-10-17(30)11-9-15)29-23(28-19)18(14-26-29)24(32)27-16-6-4-3-5-7-16/h3-11,14,22,28,30H,12-13H2,1-2H3,(H,27,32)/t22-/m1/s1. The Kier molecular flexibility index (Phi) is 4.62. The van der Waals surface area contributed by atoms with Crippen molar-refractivity contribution >= 4 is 23.2 Å². The molecule has 0 spiro atoms. The Morgan fingerprint density at radius 2 is 1.84 bits per heavy atom. The van der Waals surface area contributed by atoms with E-state index in [2.05, 4.69) is 29.6 Å². The minimum atomic E-state index is -0.469. The molecule has 3 aromatic rings. The number of amides is 1. The van der Waals surface area contributed by atoms with Gasteiger partial charge in [-0.3, -0.25) is 9.59 Å². The Balaban J connectivity index is 1.60. The molecular formula is C25H24N4O3. The van der Waals surface area contributed by atoms with Crippen LogP contribution in [-0.2, 0) is 4.79 Å². The van der Waals surface area contributed by atoms with Crippen LogP contribution in [0.3, 0.4) is 0 Å². The lowest BCUT2D eigenvalue weighted by molar-refractivity contribution is -0.118. The molecule has 2 aromatic carbocycles. The molecule has 0 unspecified atom stereocenters. The molecule has 1 aliphatic heterocycles. The molecule has 2 heterocycles. The van der Waals surface area contributed by atoms with E-state index in [1.165, 1.54) is 6.20 Å². The van der Waals surface area contributed by atoms with Gasteiger partial charge in [0.25, 0.3) is 5.91 Å². The molecule has 0 bridgehead atoms. The second-order valence-electron chi connectivity index (χ2n) is 9.12. The first kappa shape index (κ1) is 20.1. The van der Waals surface area contributed by atoms with Crippen LogP contribution in [0.25, 0.3) is 0 Å². The summed E-state index contributed by atoms with van der Waals surface area (Å²) < 4.78 is 1.70. The summed E-state index contributed by atoms with van der Waals surface area (Å²) in [5, 5.41) is 20.5. The number of benzene rings is 2. The van der Waals surface area contributed by atoms with Crippen molar-refractivity contribution in [1.29, 1.82) is 0 Å². The maximum Gasteiger partial charge on any atom is 0.261 e. The zero-order chi connectivity index (χ0) is 22.5. The molecule has 7 nitrogen and oxygen atoms in total. The monoisotopic (exact) mass is 428 g/mol. The molecular weight excluding hydrogens is 404 g/mol. The summed E-state index contributed by atoms with van der Waals surface area (Å²) in [5.41, 5.74) is 3.23. The molecule has 0 saturated carbocycles. The first-order valence-electron chi connectivity index (χ1n) is 10.6. The average Bonchev–Trinajstić information content (AvgIpc) is 3.16. The largest absolute Gasteiger partial charge is 0.508 e. The highest BCUT2D eigenvalue weighted by atomic mass is 16.3. The predicted octanol–water partition coefficient (Wildman–Crippen LogP) is 4.50. The molecule has 0 fully saturated rings. The molecule has 0 radical (unpaired) electrons. The van der Waals surface area contributed by atoms with Crippen LogP contribution in [0.2, 0.25) is 0 Å². The van der Waals surface area contributed by atoms with E-state index in [1.54, 1.807) is 28.9 Å². The molecule has 1 aromatic heterocycles. The van der Waals surface area contributed by atoms with Crippen molar-refractivity contribution in [3.63, 3.8) is 0 Å². The summed E-state index contributed by atoms with van der Waals surface area (Å²) in [6, 6.07) is 15.6. The third-order valence-corrected chi connectivity index (χ3v) is 5.99. The van der Waals surface area contributed by atoms with Gasteiger partial charge in [-0.15, -0.1) is 0 Å². The van der Waals surface area contributed by atoms with Gasteiger partial charge >= 0.3 is 0 Å². The smallest absolute Gasteiger partial charge is 0.261 e. The third-order valence-electron chi connectivity index (χ3n) is 5.99. The normalized spacial score (nSPS) is 19.1. The number of carbonyl (C=O) groups is 2. The number of anilines is 2. The third kappa shape index (κ3) is 3.45. The first-order valence-corrected chi connectivity index (χ1v) is 10.6. The molecule has 7 heteroatoms. The van der Waals surface area contributed by atoms with Gasteiger partial charge in [0.1, 0.15) is 23.2 Å². The molecule has 2 aliphatic rings. The Morgan fingerprint density at radius 3 is 2.56 bits per heavy atom. The number of rotatable bonds is 3. The molecule has 162 valence electrons. The van der Waals surface area contributed by atoms with Crippen molar-refractivity contribution in [2.75, 3.05) is 10.6 Å². The zero-order valence-electron chi connectivity index (χ0n) is 17.9. The summed E-state index contributed by atoms with van der Waals surface area (Å²) in [6.07, 6.45) is 2.66. The van der Waals surface area contributed by atoms with E-state index in [9.17, 15) is 14.7 Å². The van der Waals surface area contributed by atoms with Crippen LogP contribution in [-0.4, -0.2) is 26.6 Å². The Bertz CT molecular complexity index is 1240. The number of nitrogens with one attached hydrogen (secondary N) is 2. The fraction of sp³-hybridized carbons (Fsp3) is 0.240. The van der Waals surface area contributed by atoms with Crippen molar-refractivity contribution in [2.24, 2.45) is 5.41 Å². The van der Waals surface area contributed by atoms with Gasteiger partial charge in [0.2, 0.25) is 0 Å². The highest BCUT2D eigenvalue weighted by Crippen LogP contribution is 2.46. The van der Waals surface area contributed by atoms with Gasteiger partial charge in [-0.05, 0) is 41.7 Å². The number of nitrogens with zero attached hydrogens (tertiary/aromatic N) is 2. The van der Waals surface area contributed by atoms with E-state index < -0.39 is 6.04 Å². The van der Waals surface area contributed by atoms with Crippen molar-refractivity contribution in [2.45, 2.75) is 32.7 Å². The summed E-state index contributed by atoms with van der Waals surface area (Å²) in [6.45, 7) is 4.14. The van der Waals surface area contributed by atoms with E-state index in [4.69, 9.17) is 0 Å². The number of hydrogen-bond acceptors (Lipinski definition) is 5. The summed E-state index contributed by atoms with van der Waals surface area (Å²) >= 11 is 0. The molecule has 0 saturated heterocycles. The molecule has 5 rings (SSSR count). The minimum Gasteiger partial charge on any atom is -0.508 e. The van der Waals surface area contributed by atoms with Gasteiger partial charge in [0.05, 0.1) is 6.20 Å². The van der Waals surface area contributed by atoms with Gasteiger partial charge in [-0.2, -0.15) is 5.10 Å². The lowest BCUT2D eigenvalue weighted by atomic mass is 9.73. The molecule has 1 amide bonds. The summed E-state index contributed by atoms with van der Waals surface area (Å²) in [5.74, 6) is 0.496. The number of fused-ring (bicyclic) bond motifs is 1. The Hall–Kier alpha value is -3.87. The van der Waals surface area contributed by atoms with Crippen molar-refractivity contribution in [1.82, 2.24) is 9.78 Å². The van der Waals surface area contributed by atoms with Crippen molar-refractivity contribution in [3.05, 3.63) is 83.2 Å². The molecule has 1 aliphatic carbocycles. The summed E-state index contributed by atoms with van der Waals surface area (Å²) in [7, 11) is 0. The van der Waals surface area contributed by atoms with E-state index in [0.29, 0.717) is 35.5 Å². The number of phenolic OH excluding ortho intramolecular Hbond substituents is 1. The lowest BCUT2D eigenvalue weighted by Gasteiger charge is -2.39. The quantitative estimate of drug-likeness (QED) is 0.571. The number of aromatic nitrogens is 2. The topological polar surface area (TPSA) is 96.3 Å². The van der Waals surface area contributed by atoms with Crippen LogP contribution in [0.4, 0.5) is 11.5 Å². The molecule has 1 atom stereocenters. The number of hydrogen-bond donors (Lipinski definition) is 3. The van der Waals surface area contributed by atoms with E-state index >= 15 is 0 Å². The average molecular weight is 428 g/mol. The number of phenols is 1. The maximum atomic E-state index is 13.2. The fourth-order valence-electron chi connectivity index (χ4n) is 4.56. The highest BCUT2D eigenvalue weighted by Gasteiger charge is 2.42. The number of carbonyl (C=O) groups excluding carboxylic acids is 2. The number of Topliss-reactive ketones (excluding diaryl/α,β-unsaturated/α-hetero) is 1.